The maximum atomic E-state index is 12.0. The first-order chi connectivity index (χ1) is 11.2. The molecule has 0 atom stereocenters. The van der Waals surface area contributed by atoms with Gasteiger partial charge in [-0.05, 0) is 29.8 Å². The van der Waals surface area contributed by atoms with Crippen molar-refractivity contribution in [2.24, 2.45) is 0 Å². The largest absolute Gasteiger partial charge is 0.457 e. The highest BCUT2D eigenvalue weighted by atomic mass is 16.7. The van der Waals surface area contributed by atoms with E-state index in [1.807, 2.05) is 42.5 Å². The number of hydrogen-bond donors (Lipinski definition) is 1. The van der Waals surface area contributed by atoms with Gasteiger partial charge in [0.1, 0.15) is 6.61 Å². The number of methoxy groups -OCH3 is 2. The zero-order chi connectivity index (χ0) is 16.5. The fourth-order valence-electron chi connectivity index (χ4n) is 1.99. The van der Waals surface area contributed by atoms with Crippen molar-refractivity contribution in [1.82, 2.24) is 0 Å². The molecule has 0 fully saturated rings. The van der Waals surface area contributed by atoms with Gasteiger partial charge < -0.3 is 19.5 Å². The van der Waals surface area contributed by atoms with Crippen LogP contribution in [0.4, 0.5) is 5.69 Å². The van der Waals surface area contributed by atoms with Crippen molar-refractivity contribution >= 4 is 11.7 Å². The molecule has 1 N–H and O–H groups in total. The second-order valence-electron chi connectivity index (χ2n) is 4.92. The molecule has 0 heterocycles. The van der Waals surface area contributed by atoms with E-state index in [2.05, 4.69) is 5.32 Å². The second-order valence-corrected chi connectivity index (χ2v) is 4.92. The van der Waals surface area contributed by atoms with Gasteiger partial charge in [-0.2, -0.15) is 0 Å². The van der Waals surface area contributed by atoms with Gasteiger partial charge in [-0.1, -0.05) is 30.3 Å². The van der Waals surface area contributed by atoms with Gasteiger partial charge in [-0.3, -0.25) is 0 Å². The zero-order valence-electron chi connectivity index (χ0n) is 13.3. The van der Waals surface area contributed by atoms with Crippen LogP contribution < -0.4 is 5.32 Å². The van der Waals surface area contributed by atoms with Crippen LogP contribution in [0.25, 0.3) is 0 Å². The van der Waals surface area contributed by atoms with Crippen molar-refractivity contribution < 1.29 is 19.0 Å². The molecule has 0 spiro atoms. The number of carbonyl (C=O) groups excluding carboxylic acids is 1. The summed E-state index contributed by atoms with van der Waals surface area (Å²) in [5.41, 5.74) is 2.36. The molecule has 122 valence electrons. The summed E-state index contributed by atoms with van der Waals surface area (Å²) in [6.45, 7) is 0.786. The lowest BCUT2D eigenvalue weighted by atomic mass is 10.2. The lowest BCUT2D eigenvalue weighted by molar-refractivity contribution is -0.0914. The van der Waals surface area contributed by atoms with E-state index in [1.54, 1.807) is 26.4 Å². The Bertz CT molecular complexity index is 594. The van der Waals surface area contributed by atoms with Crippen molar-refractivity contribution in [3.05, 3.63) is 65.7 Å². The van der Waals surface area contributed by atoms with E-state index in [0.29, 0.717) is 12.1 Å². The highest BCUT2D eigenvalue weighted by Gasteiger charge is 2.08. The molecule has 0 radical (unpaired) electrons. The zero-order valence-corrected chi connectivity index (χ0v) is 13.3. The molecule has 0 aliphatic carbocycles. The summed E-state index contributed by atoms with van der Waals surface area (Å²) >= 11 is 0. The summed E-state index contributed by atoms with van der Waals surface area (Å²) in [6.07, 6.45) is -0.314. The van der Waals surface area contributed by atoms with Crippen LogP contribution in [-0.2, 0) is 20.8 Å². The van der Waals surface area contributed by atoms with Gasteiger partial charge in [0, 0.05) is 19.9 Å². The molecule has 2 aromatic rings. The molecule has 0 saturated carbocycles. The molecule has 5 nitrogen and oxygen atoms in total. The molecule has 5 heteroatoms. The third kappa shape index (κ3) is 5.39. The first-order valence-corrected chi connectivity index (χ1v) is 7.33. The number of rotatable bonds is 8. The topological polar surface area (TPSA) is 56.8 Å². The van der Waals surface area contributed by atoms with Crippen LogP contribution >= 0.6 is 0 Å². The number of ether oxygens (including phenoxy) is 3. The first kappa shape index (κ1) is 17.0. The molecule has 0 unspecified atom stereocenters. The average molecular weight is 315 g/mol. The SMILES string of the molecule is COC(CNc1ccc(C(=O)OCc2ccccc2)cc1)OC. The molecule has 0 aliphatic rings. The summed E-state index contributed by atoms with van der Waals surface area (Å²) < 4.78 is 15.5. The predicted octanol–water partition coefficient (Wildman–Crippen LogP) is 3.07. The van der Waals surface area contributed by atoms with Gasteiger partial charge in [0.2, 0.25) is 0 Å². The summed E-state index contributed by atoms with van der Waals surface area (Å²) in [4.78, 5) is 12.0. The second kappa shape index (κ2) is 8.92. The van der Waals surface area contributed by atoms with E-state index in [-0.39, 0.29) is 18.9 Å². The van der Waals surface area contributed by atoms with Crippen LogP contribution in [0, 0.1) is 0 Å². The van der Waals surface area contributed by atoms with E-state index < -0.39 is 0 Å². The molecule has 23 heavy (non-hydrogen) atoms. The molecule has 0 amide bonds. The van der Waals surface area contributed by atoms with E-state index >= 15 is 0 Å². The number of anilines is 1. The maximum absolute atomic E-state index is 12.0. The van der Waals surface area contributed by atoms with Gasteiger partial charge in [-0.15, -0.1) is 0 Å². The summed E-state index contributed by atoms with van der Waals surface area (Å²) in [5, 5.41) is 3.17. The van der Waals surface area contributed by atoms with Crippen molar-refractivity contribution in [2.75, 3.05) is 26.1 Å². The van der Waals surface area contributed by atoms with Crippen molar-refractivity contribution in [3.8, 4) is 0 Å². The van der Waals surface area contributed by atoms with Gasteiger partial charge in [0.25, 0.3) is 0 Å². The predicted molar refractivity (Wildman–Crippen MR) is 88.3 cm³/mol. The van der Waals surface area contributed by atoms with Gasteiger partial charge in [0.15, 0.2) is 6.29 Å². The summed E-state index contributed by atoms with van der Waals surface area (Å²) in [6, 6.07) is 16.7. The quantitative estimate of drug-likeness (QED) is 0.599. The molecule has 0 saturated heterocycles. The standard InChI is InChI=1S/C18H21NO4/c1-21-17(22-2)12-19-16-10-8-15(9-11-16)18(20)23-13-14-6-4-3-5-7-14/h3-11,17,19H,12-13H2,1-2H3. The van der Waals surface area contributed by atoms with Crippen LogP contribution in [-0.4, -0.2) is 33.0 Å². The maximum Gasteiger partial charge on any atom is 0.338 e. The van der Waals surface area contributed by atoms with E-state index in [1.165, 1.54) is 0 Å². The fourth-order valence-corrected chi connectivity index (χ4v) is 1.99. The number of carbonyl (C=O) groups is 1. The van der Waals surface area contributed by atoms with Crippen molar-refractivity contribution in [3.63, 3.8) is 0 Å². The smallest absolute Gasteiger partial charge is 0.338 e. The lowest BCUT2D eigenvalue weighted by Crippen LogP contribution is -2.23. The Hall–Kier alpha value is -2.37. The number of benzene rings is 2. The third-order valence-corrected chi connectivity index (χ3v) is 3.33. The Kier molecular flexibility index (Phi) is 6.59. The normalized spacial score (nSPS) is 10.6. The van der Waals surface area contributed by atoms with Gasteiger partial charge in [0.05, 0.1) is 12.1 Å². The number of hydrogen-bond acceptors (Lipinski definition) is 5. The van der Waals surface area contributed by atoms with Crippen LogP contribution in [0.15, 0.2) is 54.6 Å². The molecule has 0 bridgehead atoms. The van der Waals surface area contributed by atoms with Gasteiger partial charge in [-0.25, -0.2) is 4.79 Å². The van der Waals surface area contributed by atoms with Crippen LogP contribution in [0.1, 0.15) is 15.9 Å². The molecule has 0 aliphatic heterocycles. The van der Waals surface area contributed by atoms with Crippen LogP contribution in [0.3, 0.4) is 0 Å². The Balaban J connectivity index is 1.85. The minimum Gasteiger partial charge on any atom is -0.457 e. The Morgan fingerprint density at radius 1 is 1.00 bits per heavy atom. The first-order valence-electron chi connectivity index (χ1n) is 7.33. The van der Waals surface area contributed by atoms with E-state index in [4.69, 9.17) is 14.2 Å². The molecular formula is C18H21NO4. The van der Waals surface area contributed by atoms with E-state index in [0.717, 1.165) is 11.3 Å². The highest BCUT2D eigenvalue weighted by molar-refractivity contribution is 5.89. The lowest BCUT2D eigenvalue weighted by Gasteiger charge is -2.15. The third-order valence-electron chi connectivity index (χ3n) is 3.33. The van der Waals surface area contributed by atoms with Gasteiger partial charge >= 0.3 is 5.97 Å². The Morgan fingerprint density at radius 2 is 1.65 bits per heavy atom. The minimum absolute atomic E-state index is 0.267. The fraction of sp³-hybridized carbons (Fsp3) is 0.278. The van der Waals surface area contributed by atoms with Crippen LogP contribution in [0.2, 0.25) is 0 Å². The van der Waals surface area contributed by atoms with Crippen molar-refractivity contribution in [2.45, 2.75) is 12.9 Å². The average Bonchev–Trinajstić information content (AvgIpc) is 2.62. The number of esters is 1. The molecular weight excluding hydrogens is 294 g/mol. The van der Waals surface area contributed by atoms with Crippen LogP contribution in [0.5, 0.6) is 0 Å². The Labute approximate surface area is 136 Å². The molecule has 0 aromatic heterocycles. The highest BCUT2D eigenvalue weighted by Crippen LogP contribution is 2.12. The summed E-state index contributed by atoms with van der Waals surface area (Å²) in [5.74, 6) is -0.341. The monoisotopic (exact) mass is 315 g/mol. The van der Waals surface area contributed by atoms with Crippen molar-refractivity contribution in [1.29, 1.82) is 0 Å². The number of nitrogens with one attached hydrogen (secondary N) is 1. The molecule has 2 rings (SSSR count). The van der Waals surface area contributed by atoms with E-state index in [9.17, 15) is 4.79 Å². The molecule has 2 aromatic carbocycles. The minimum atomic E-state index is -0.341. The Morgan fingerprint density at radius 3 is 2.26 bits per heavy atom. The summed E-state index contributed by atoms with van der Waals surface area (Å²) in [7, 11) is 3.17.